The van der Waals surface area contributed by atoms with E-state index >= 15 is 0 Å². The van der Waals surface area contributed by atoms with Crippen LogP contribution in [-0.4, -0.2) is 29.6 Å². The molecular formula is C13H13BrN2O5. The minimum Gasteiger partial charge on any atom is -0.486 e. The Balaban J connectivity index is 2.69. The van der Waals surface area contributed by atoms with Crippen LogP contribution in [0.5, 0.6) is 0 Å². The lowest BCUT2D eigenvalue weighted by molar-refractivity contribution is -0.386. The number of esters is 1. The Morgan fingerprint density at radius 3 is 2.90 bits per heavy atom. The number of carbonyl (C=O) groups excluding carboxylic acids is 1. The summed E-state index contributed by atoms with van der Waals surface area (Å²) in [6.07, 6.45) is 2.61. The first-order valence-corrected chi connectivity index (χ1v) is 7.00. The highest BCUT2D eigenvalue weighted by atomic mass is 79.9. The summed E-state index contributed by atoms with van der Waals surface area (Å²) in [5.74, 6) is -0.651. The molecule has 7 nitrogen and oxygen atoms in total. The van der Waals surface area contributed by atoms with Gasteiger partial charge in [0.05, 0.1) is 18.6 Å². The topological polar surface area (TPSA) is 91.6 Å². The number of nitro groups is 1. The summed E-state index contributed by atoms with van der Waals surface area (Å²) in [5, 5.41) is 11.3. The van der Waals surface area contributed by atoms with E-state index in [-0.39, 0.29) is 17.1 Å². The predicted molar refractivity (Wildman–Crippen MR) is 77.5 cm³/mol. The van der Waals surface area contributed by atoms with Gasteiger partial charge in [-0.1, -0.05) is 0 Å². The molecule has 0 aliphatic carbocycles. The molecule has 0 bridgehead atoms. The fourth-order valence-corrected chi connectivity index (χ4v) is 2.43. The highest BCUT2D eigenvalue weighted by Crippen LogP contribution is 2.37. The Kier molecular flexibility index (Phi) is 4.56. The third-order valence-electron chi connectivity index (χ3n) is 3.18. The van der Waals surface area contributed by atoms with Gasteiger partial charge in [-0.25, -0.2) is 9.78 Å². The minimum atomic E-state index is -0.652. The second kappa shape index (κ2) is 6.21. The van der Waals surface area contributed by atoms with Crippen molar-refractivity contribution in [1.29, 1.82) is 0 Å². The van der Waals surface area contributed by atoms with E-state index in [0.717, 1.165) is 0 Å². The number of carbonyl (C=O) groups is 1. The van der Waals surface area contributed by atoms with Gasteiger partial charge in [0.25, 0.3) is 5.69 Å². The van der Waals surface area contributed by atoms with Crippen LogP contribution in [0.3, 0.4) is 0 Å². The first-order valence-electron chi connectivity index (χ1n) is 6.21. The molecule has 1 aromatic rings. The highest BCUT2D eigenvalue weighted by Gasteiger charge is 2.30. The van der Waals surface area contributed by atoms with E-state index < -0.39 is 10.9 Å². The molecule has 0 spiro atoms. The van der Waals surface area contributed by atoms with Gasteiger partial charge in [0.2, 0.25) is 5.76 Å². The zero-order valence-corrected chi connectivity index (χ0v) is 13.1. The van der Waals surface area contributed by atoms with Crippen LogP contribution >= 0.6 is 15.9 Å². The Morgan fingerprint density at radius 1 is 1.57 bits per heavy atom. The summed E-state index contributed by atoms with van der Waals surface area (Å²) in [7, 11) is 1.24. The molecule has 0 saturated carbocycles. The Hall–Kier alpha value is -1.96. The highest BCUT2D eigenvalue weighted by molar-refractivity contribution is 9.10. The number of hydrogen-bond acceptors (Lipinski definition) is 6. The van der Waals surface area contributed by atoms with Gasteiger partial charge in [0.1, 0.15) is 5.69 Å². The second-order valence-electron chi connectivity index (χ2n) is 4.44. The van der Waals surface area contributed by atoms with Gasteiger partial charge >= 0.3 is 5.97 Å². The van der Waals surface area contributed by atoms with Crippen LogP contribution in [0.2, 0.25) is 0 Å². The van der Waals surface area contributed by atoms with E-state index in [4.69, 9.17) is 4.74 Å². The number of rotatable bonds is 3. The van der Waals surface area contributed by atoms with Crippen molar-refractivity contribution in [2.45, 2.75) is 19.8 Å². The van der Waals surface area contributed by atoms with Gasteiger partial charge < -0.3 is 9.47 Å². The molecule has 0 amide bonds. The summed E-state index contributed by atoms with van der Waals surface area (Å²) >= 11 is 3.22. The summed E-state index contributed by atoms with van der Waals surface area (Å²) in [6, 6.07) is 0. The summed E-state index contributed by atoms with van der Waals surface area (Å²) < 4.78 is 10.5. The summed E-state index contributed by atoms with van der Waals surface area (Å²) in [4.78, 5) is 26.7. The zero-order chi connectivity index (χ0) is 15.6. The second-order valence-corrected chi connectivity index (χ2v) is 5.29. The maximum Gasteiger partial charge on any atom is 0.373 e. The van der Waals surface area contributed by atoms with Crippen LogP contribution in [0.25, 0.3) is 5.57 Å². The standard InChI is InChI=1S/C13H13BrN2O5/c1-7-9(14)6-15-10(11(7)16(18)19)8-4-3-5-21-12(8)13(17)20-2/h6H,3-5H2,1-2H3. The molecule has 8 heteroatoms. The number of halogens is 1. The van der Waals surface area contributed by atoms with Crippen LogP contribution in [0.4, 0.5) is 5.69 Å². The Bertz CT molecular complexity index is 642. The normalized spacial score (nSPS) is 14.6. The molecule has 1 aromatic heterocycles. The maximum absolute atomic E-state index is 11.8. The fourth-order valence-electron chi connectivity index (χ4n) is 2.14. The number of ether oxygens (including phenoxy) is 2. The summed E-state index contributed by atoms with van der Waals surface area (Å²) in [6.45, 7) is 1.99. The lowest BCUT2D eigenvalue weighted by atomic mass is 9.99. The maximum atomic E-state index is 11.8. The quantitative estimate of drug-likeness (QED) is 0.469. The van der Waals surface area contributed by atoms with E-state index in [2.05, 4.69) is 25.7 Å². The van der Waals surface area contributed by atoms with Crippen molar-refractivity contribution in [2.24, 2.45) is 0 Å². The molecule has 0 atom stereocenters. The van der Waals surface area contributed by atoms with Crippen molar-refractivity contribution in [3.05, 3.63) is 37.8 Å². The Labute approximate surface area is 129 Å². The molecule has 0 radical (unpaired) electrons. The van der Waals surface area contributed by atoms with Crippen LogP contribution in [0.1, 0.15) is 24.1 Å². The van der Waals surface area contributed by atoms with Gasteiger partial charge in [-0.3, -0.25) is 10.1 Å². The third kappa shape index (κ3) is 2.90. The number of aromatic nitrogens is 1. The lowest BCUT2D eigenvalue weighted by Gasteiger charge is -2.19. The number of hydrogen-bond donors (Lipinski definition) is 0. The third-order valence-corrected chi connectivity index (χ3v) is 3.98. The molecule has 1 aliphatic rings. The van der Waals surface area contributed by atoms with Gasteiger partial charge in [-0.15, -0.1) is 0 Å². The van der Waals surface area contributed by atoms with E-state index in [9.17, 15) is 14.9 Å². The van der Waals surface area contributed by atoms with E-state index in [1.807, 2.05) is 0 Å². The smallest absolute Gasteiger partial charge is 0.373 e. The fraction of sp³-hybridized carbons (Fsp3) is 0.385. The van der Waals surface area contributed by atoms with Gasteiger partial charge in [-0.2, -0.15) is 0 Å². The summed E-state index contributed by atoms with van der Waals surface area (Å²) in [5.41, 5.74) is 0.884. The van der Waals surface area contributed by atoms with Crippen molar-refractivity contribution >= 4 is 33.2 Å². The monoisotopic (exact) mass is 356 g/mol. The first kappa shape index (κ1) is 15.4. The van der Waals surface area contributed by atoms with Crippen molar-refractivity contribution in [3.63, 3.8) is 0 Å². The SMILES string of the molecule is COC(=O)C1=C(c2ncc(Br)c(C)c2[N+](=O)[O-])CCCO1. The number of allylic oxidation sites excluding steroid dienone is 1. The van der Waals surface area contributed by atoms with E-state index in [0.29, 0.717) is 35.1 Å². The van der Waals surface area contributed by atoms with Crippen LogP contribution < -0.4 is 0 Å². The molecule has 0 N–H and O–H groups in total. The average Bonchev–Trinajstić information content (AvgIpc) is 2.48. The van der Waals surface area contributed by atoms with Crippen LogP contribution in [-0.2, 0) is 14.3 Å². The van der Waals surface area contributed by atoms with Crippen LogP contribution in [0.15, 0.2) is 16.4 Å². The molecule has 2 rings (SSSR count). The first-order chi connectivity index (χ1) is 9.97. The molecule has 112 valence electrons. The molecule has 1 aliphatic heterocycles. The van der Waals surface area contributed by atoms with Gasteiger partial charge in [0, 0.05) is 21.8 Å². The molecule has 0 saturated heterocycles. The number of methoxy groups -OCH3 is 1. The largest absolute Gasteiger partial charge is 0.486 e. The predicted octanol–water partition coefficient (Wildman–Crippen LogP) is 2.76. The average molecular weight is 357 g/mol. The number of nitrogens with zero attached hydrogens (tertiary/aromatic N) is 2. The van der Waals surface area contributed by atoms with E-state index in [1.165, 1.54) is 13.3 Å². The van der Waals surface area contributed by atoms with Gasteiger partial charge in [-0.05, 0) is 35.7 Å². The minimum absolute atomic E-state index is 0.000993. The zero-order valence-electron chi connectivity index (χ0n) is 11.5. The molecule has 0 aromatic carbocycles. The van der Waals surface area contributed by atoms with Crippen molar-refractivity contribution in [2.75, 3.05) is 13.7 Å². The van der Waals surface area contributed by atoms with Crippen molar-refractivity contribution in [3.8, 4) is 0 Å². The molecule has 2 heterocycles. The number of pyridine rings is 1. The molecular weight excluding hydrogens is 344 g/mol. The van der Waals surface area contributed by atoms with Crippen LogP contribution in [0, 0.1) is 17.0 Å². The molecule has 0 fully saturated rings. The molecule has 21 heavy (non-hydrogen) atoms. The van der Waals surface area contributed by atoms with Gasteiger partial charge in [0.15, 0.2) is 0 Å². The van der Waals surface area contributed by atoms with Crippen molar-refractivity contribution < 1.29 is 19.2 Å². The van der Waals surface area contributed by atoms with Crippen molar-refractivity contribution in [1.82, 2.24) is 4.98 Å². The molecule has 0 unspecified atom stereocenters. The Morgan fingerprint density at radius 2 is 2.29 bits per heavy atom. The lowest BCUT2D eigenvalue weighted by Crippen LogP contribution is -2.17. The van der Waals surface area contributed by atoms with E-state index in [1.54, 1.807) is 6.92 Å².